The number of ether oxygens (including phenoxy) is 2. The largest absolute Gasteiger partial charge is 0.495 e. The van der Waals surface area contributed by atoms with Crippen LogP contribution in [-0.2, 0) is 9.53 Å². The van der Waals surface area contributed by atoms with Gasteiger partial charge in [-0.05, 0) is 50.3 Å². The number of nitrogens with zero attached hydrogens (tertiary/aromatic N) is 1. The zero-order valence-corrected chi connectivity index (χ0v) is 17.0. The maximum absolute atomic E-state index is 14.5. The van der Waals surface area contributed by atoms with Crippen molar-refractivity contribution in [2.24, 2.45) is 0 Å². The predicted molar refractivity (Wildman–Crippen MR) is 110 cm³/mol. The van der Waals surface area contributed by atoms with Gasteiger partial charge in [-0.3, -0.25) is 4.90 Å². The molecule has 0 radical (unpaired) electrons. The molecule has 3 rings (SSSR count). The minimum atomic E-state index is -1.13. The third-order valence-corrected chi connectivity index (χ3v) is 4.90. The second kappa shape index (κ2) is 8.57. The van der Waals surface area contributed by atoms with E-state index < -0.39 is 23.6 Å². The number of hydrogen-bond acceptors (Lipinski definition) is 4. The van der Waals surface area contributed by atoms with Crippen LogP contribution in [0.2, 0.25) is 0 Å². The zero-order chi connectivity index (χ0) is 21.1. The van der Waals surface area contributed by atoms with Crippen LogP contribution in [0, 0.1) is 11.6 Å². The number of esters is 1. The van der Waals surface area contributed by atoms with Crippen LogP contribution in [0.5, 0.6) is 5.75 Å². The first-order valence-electron chi connectivity index (χ1n) is 8.96. The van der Waals surface area contributed by atoms with E-state index in [2.05, 4.69) is 5.32 Å². The Hall–Kier alpha value is -3.00. The summed E-state index contributed by atoms with van der Waals surface area (Å²) < 4.78 is 39.6. The molecule has 29 heavy (non-hydrogen) atoms. The number of benzene rings is 2. The van der Waals surface area contributed by atoms with Gasteiger partial charge >= 0.3 is 5.97 Å². The number of methoxy groups -OCH3 is 1. The zero-order valence-electron chi connectivity index (χ0n) is 16.2. The molecule has 0 aliphatic carbocycles. The number of para-hydroxylation sites is 2. The van der Waals surface area contributed by atoms with Crippen LogP contribution in [0.25, 0.3) is 0 Å². The molecule has 0 amide bonds. The molecule has 2 aromatic carbocycles. The summed E-state index contributed by atoms with van der Waals surface area (Å²) in [7, 11) is 1.52. The Bertz CT molecular complexity index is 973. The number of anilines is 1. The maximum Gasteiger partial charge on any atom is 0.338 e. The Balaban J connectivity index is 2.23. The van der Waals surface area contributed by atoms with Gasteiger partial charge in [-0.2, -0.15) is 0 Å². The van der Waals surface area contributed by atoms with Crippen LogP contribution in [0.15, 0.2) is 53.7 Å². The van der Waals surface area contributed by atoms with Crippen LogP contribution >= 0.6 is 12.2 Å². The topological polar surface area (TPSA) is 50.8 Å². The average molecular weight is 418 g/mol. The number of hydrogen-bond donors (Lipinski definition) is 1. The fourth-order valence-electron chi connectivity index (χ4n) is 3.32. The van der Waals surface area contributed by atoms with Gasteiger partial charge in [0.25, 0.3) is 0 Å². The molecule has 0 unspecified atom stereocenters. The Labute approximate surface area is 172 Å². The fourth-order valence-corrected chi connectivity index (χ4v) is 3.68. The molecular weight excluding hydrogens is 398 g/mol. The lowest BCUT2D eigenvalue weighted by molar-refractivity contribution is -0.139. The van der Waals surface area contributed by atoms with E-state index in [1.54, 1.807) is 43.0 Å². The molecule has 0 saturated carbocycles. The van der Waals surface area contributed by atoms with Crippen LogP contribution in [0.4, 0.5) is 14.5 Å². The molecule has 5 nitrogen and oxygen atoms in total. The molecule has 1 aliphatic rings. The van der Waals surface area contributed by atoms with Crippen molar-refractivity contribution in [3.05, 3.63) is 70.9 Å². The second-order valence-electron chi connectivity index (χ2n) is 6.24. The first-order chi connectivity index (χ1) is 13.9. The molecule has 2 aromatic rings. The van der Waals surface area contributed by atoms with Gasteiger partial charge in [0.05, 0.1) is 36.6 Å². The van der Waals surface area contributed by atoms with Crippen LogP contribution < -0.4 is 15.0 Å². The standard InChI is InChI=1S/C21H20F2N2O3S/c1-4-28-20(26)17-12(2)25(15-10-5-6-11-16(15)27-3)21(29)24-19(17)18-13(22)8-7-9-14(18)23/h5-11,19H,4H2,1-3H3,(H,24,29)/t19-/m0/s1. The minimum absolute atomic E-state index is 0.0651. The highest BCUT2D eigenvalue weighted by atomic mass is 32.1. The van der Waals surface area contributed by atoms with Gasteiger partial charge in [-0.15, -0.1) is 0 Å². The molecule has 0 fully saturated rings. The molecule has 1 atom stereocenters. The summed E-state index contributed by atoms with van der Waals surface area (Å²) >= 11 is 5.49. The summed E-state index contributed by atoms with van der Waals surface area (Å²) in [6.45, 7) is 3.42. The number of allylic oxidation sites excluding steroid dienone is 1. The average Bonchev–Trinajstić information content (AvgIpc) is 2.68. The molecule has 1 aliphatic heterocycles. The molecule has 8 heteroatoms. The van der Waals surface area contributed by atoms with Gasteiger partial charge in [0.1, 0.15) is 17.4 Å². The van der Waals surface area contributed by atoms with Gasteiger partial charge < -0.3 is 14.8 Å². The van der Waals surface area contributed by atoms with E-state index in [-0.39, 0.29) is 22.9 Å². The molecule has 0 bridgehead atoms. The Kier molecular flexibility index (Phi) is 6.12. The van der Waals surface area contributed by atoms with Gasteiger partial charge in [-0.1, -0.05) is 18.2 Å². The number of carbonyl (C=O) groups is 1. The van der Waals surface area contributed by atoms with Crippen molar-refractivity contribution in [2.45, 2.75) is 19.9 Å². The van der Waals surface area contributed by atoms with Gasteiger partial charge in [0.2, 0.25) is 0 Å². The lowest BCUT2D eigenvalue weighted by Crippen LogP contribution is -2.48. The third kappa shape index (κ3) is 3.80. The monoisotopic (exact) mass is 418 g/mol. The van der Waals surface area contributed by atoms with E-state index in [4.69, 9.17) is 21.7 Å². The Morgan fingerprint density at radius 1 is 1.17 bits per heavy atom. The molecular formula is C21H20F2N2O3S. The van der Waals surface area contributed by atoms with Crippen molar-refractivity contribution < 1.29 is 23.0 Å². The van der Waals surface area contributed by atoms with E-state index in [9.17, 15) is 13.6 Å². The van der Waals surface area contributed by atoms with Crippen molar-refractivity contribution >= 4 is 29.0 Å². The van der Waals surface area contributed by atoms with Crippen LogP contribution in [0.3, 0.4) is 0 Å². The maximum atomic E-state index is 14.5. The smallest absolute Gasteiger partial charge is 0.338 e. The first-order valence-corrected chi connectivity index (χ1v) is 9.36. The number of nitrogens with one attached hydrogen (secondary N) is 1. The lowest BCUT2D eigenvalue weighted by atomic mass is 9.94. The van der Waals surface area contributed by atoms with Crippen LogP contribution in [-0.4, -0.2) is 24.8 Å². The van der Waals surface area contributed by atoms with Gasteiger partial charge in [0, 0.05) is 5.70 Å². The van der Waals surface area contributed by atoms with E-state index in [0.717, 1.165) is 12.1 Å². The molecule has 1 N–H and O–H groups in total. The summed E-state index contributed by atoms with van der Waals surface area (Å²) in [5.74, 6) is -1.74. The number of rotatable bonds is 5. The number of carbonyl (C=O) groups excluding carboxylic acids is 1. The summed E-state index contributed by atoms with van der Waals surface area (Å²) in [4.78, 5) is 14.4. The van der Waals surface area contributed by atoms with E-state index >= 15 is 0 Å². The van der Waals surface area contributed by atoms with E-state index in [0.29, 0.717) is 17.1 Å². The van der Waals surface area contributed by atoms with E-state index in [1.807, 2.05) is 0 Å². The van der Waals surface area contributed by atoms with Crippen molar-refractivity contribution in [3.8, 4) is 5.75 Å². The van der Waals surface area contributed by atoms with Crippen molar-refractivity contribution in [1.82, 2.24) is 5.32 Å². The first kappa shape index (κ1) is 20.7. The summed E-state index contributed by atoms with van der Waals surface area (Å²) in [6, 6.07) is 9.50. The summed E-state index contributed by atoms with van der Waals surface area (Å²) in [5.41, 5.74) is 0.746. The second-order valence-corrected chi connectivity index (χ2v) is 6.63. The predicted octanol–water partition coefficient (Wildman–Crippen LogP) is 4.25. The minimum Gasteiger partial charge on any atom is -0.495 e. The lowest BCUT2D eigenvalue weighted by Gasteiger charge is -2.38. The fraction of sp³-hybridized carbons (Fsp3) is 0.238. The van der Waals surface area contributed by atoms with Gasteiger partial charge in [0.15, 0.2) is 5.11 Å². The highest BCUT2D eigenvalue weighted by Crippen LogP contribution is 2.39. The van der Waals surface area contributed by atoms with Crippen molar-refractivity contribution in [3.63, 3.8) is 0 Å². The normalized spacial score (nSPS) is 16.5. The van der Waals surface area contributed by atoms with Crippen molar-refractivity contribution in [2.75, 3.05) is 18.6 Å². The van der Waals surface area contributed by atoms with Crippen molar-refractivity contribution in [1.29, 1.82) is 0 Å². The SMILES string of the molecule is CCOC(=O)C1=C(C)N(c2ccccc2OC)C(=S)N[C@@H]1c1c(F)cccc1F. The Morgan fingerprint density at radius 2 is 1.83 bits per heavy atom. The number of thiocarbonyl (C=S) groups is 1. The molecule has 0 saturated heterocycles. The van der Waals surface area contributed by atoms with Crippen LogP contribution in [0.1, 0.15) is 25.5 Å². The highest BCUT2D eigenvalue weighted by molar-refractivity contribution is 7.80. The molecule has 1 heterocycles. The van der Waals surface area contributed by atoms with E-state index in [1.165, 1.54) is 13.2 Å². The third-order valence-electron chi connectivity index (χ3n) is 4.59. The quantitative estimate of drug-likeness (QED) is 0.579. The summed E-state index contributed by atoms with van der Waals surface area (Å²) in [6.07, 6.45) is 0. The molecule has 152 valence electrons. The molecule has 0 spiro atoms. The highest BCUT2D eigenvalue weighted by Gasteiger charge is 2.38. The molecule has 0 aromatic heterocycles. The van der Waals surface area contributed by atoms with Gasteiger partial charge in [-0.25, -0.2) is 13.6 Å². The number of halogens is 2. The summed E-state index contributed by atoms with van der Waals surface area (Å²) in [5, 5.41) is 3.07. The Morgan fingerprint density at radius 3 is 2.45 bits per heavy atom.